The molecule has 0 fully saturated rings. The van der Waals surface area contributed by atoms with Gasteiger partial charge in [0.15, 0.2) is 0 Å². The summed E-state index contributed by atoms with van der Waals surface area (Å²) in [5.74, 6) is 0. The Bertz CT molecular complexity index is 7720. The molecule has 144 heavy (non-hydrogen) atoms. The highest BCUT2D eigenvalue weighted by Gasteiger charge is 2.20. The van der Waals surface area contributed by atoms with E-state index in [0.29, 0.717) is 0 Å². The van der Waals surface area contributed by atoms with Crippen LogP contribution in [0.2, 0.25) is 0 Å². The highest BCUT2D eigenvalue weighted by molar-refractivity contribution is 6.20. The van der Waals surface area contributed by atoms with Gasteiger partial charge in [-0.15, -0.1) is 0 Å². The molecule has 0 unspecified atom stereocenters. The average molecular weight is 1870 g/mol. The number of rotatable bonds is 42. The van der Waals surface area contributed by atoms with E-state index in [-0.39, 0.29) is 0 Å². The van der Waals surface area contributed by atoms with E-state index in [4.69, 9.17) is 0 Å². The van der Waals surface area contributed by atoms with Gasteiger partial charge in [-0.05, 0) is 338 Å². The maximum absolute atomic E-state index is 3.99. The largest absolute Gasteiger partial charge is 0.0654 e. The predicted molar refractivity (Wildman–Crippen MR) is 629 cm³/mol. The molecule has 0 aliphatic carbocycles. The van der Waals surface area contributed by atoms with Gasteiger partial charge in [0, 0.05) is 75.4 Å². The molecule has 0 spiro atoms. The van der Waals surface area contributed by atoms with Crippen LogP contribution in [0.3, 0.4) is 0 Å². The predicted octanol–water partition coefficient (Wildman–Crippen LogP) is 42.5. The Balaban J connectivity index is 0.889. The van der Waals surface area contributed by atoms with Gasteiger partial charge in [-0.3, -0.25) is 0 Å². The van der Waals surface area contributed by atoms with Crippen LogP contribution in [0.5, 0.6) is 0 Å². The summed E-state index contributed by atoms with van der Waals surface area (Å²) in [6.07, 6.45) is 49.9. The zero-order valence-corrected chi connectivity index (χ0v) is 86.9. The van der Waals surface area contributed by atoms with Crippen molar-refractivity contribution in [3.8, 4) is 0 Å². The van der Waals surface area contributed by atoms with Crippen molar-refractivity contribution in [2.45, 2.75) is 311 Å². The lowest BCUT2D eigenvalue weighted by atomic mass is 9.90. The fourth-order valence-corrected chi connectivity index (χ4v) is 23.8. The Morgan fingerprint density at radius 1 is 0.125 bits per heavy atom. The van der Waals surface area contributed by atoms with E-state index in [1.807, 2.05) is 0 Å². The SMILES string of the molecule is CCCCCCCCc1c2cccc3c#cc4cccc5c(CCCCCCCC)c6cccc(c#cc7cccc8c(CCCCCCCC)c9cccc(c#cc%10cccc%11cc%12cccc(c#cc%13cccc%14c(CCCCCCCC)c%15cccc(c#cc%16cccc%17c(CCCCCCCC)c%18cccc(c#cc%19cccc1c%19cc32)c%18cc%16%17)c%15cc%13%14)c%12c(CCCCCCCC)c%10%11)c9cc78)c6cc45. The molecule has 0 aliphatic heterocycles. The second kappa shape index (κ2) is 49.1. The van der Waals surface area contributed by atoms with Crippen LogP contribution in [0, 0.1) is 72.8 Å². The van der Waals surface area contributed by atoms with Gasteiger partial charge in [-0.2, -0.15) is 0 Å². The van der Waals surface area contributed by atoms with Gasteiger partial charge in [0.2, 0.25) is 0 Å². The quantitative estimate of drug-likeness (QED) is 0.0264. The Hall–Kier alpha value is -13.6. The smallest absolute Gasteiger partial charge is 0.0330 e. The summed E-state index contributed by atoms with van der Waals surface area (Å²) in [6.45, 7) is 13.9. The van der Waals surface area contributed by atoms with Crippen LogP contribution in [-0.4, -0.2) is 0 Å². The average Bonchev–Trinajstić information content (AvgIpc) is 0.778. The van der Waals surface area contributed by atoms with Gasteiger partial charge in [-0.1, -0.05) is 453 Å². The summed E-state index contributed by atoms with van der Waals surface area (Å²) < 4.78 is 0. The Morgan fingerprint density at radius 3 is 0.438 bits per heavy atom. The summed E-state index contributed by atoms with van der Waals surface area (Å²) in [5.41, 5.74) is 8.32. The summed E-state index contributed by atoms with van der Waals surface area (Å²) in [5, 5.41) is 42.0. The summed E-state index contributed by atoms with van der Waals surface area (Å²) in [4.78, 5) is 0. The molecule has 0 atom stereocenters. The number of hydrogen-bond donors (Lipinski definition) is 0. The molecule has 0 saturated heterocycles. The van der Waals surface area contributed by atoms with Gasteiger partial charge in [0.05, 0.1) is 0 Å². The lowest BCUT2D eigenvalue weighted by Gasteiger charge is -2.13. The van der Waals surface area contributed by atoms with E-state index in [0.717, 1.165) is 142 Å². The molecule has 0 amide bonds. The van der Waals surface area contributed by atoms with Crippen molar-refractivity contribution in [3.05, 3.63) is 361 Å². The number of unbranched alkanes of at least 4 members (excludes halogenated alkanes) is 30. The maximum atomic E-state index is 3.99. The van der Waals surface area contributed by atoms with Gasteiger partial charge in [0.1, 0.15) is 0 Å². The molecule has 0 aliphatic rings. The standard InChI is InChI=1S/C144H144/c1-7-13-19-25-31-37-69-117-122-75-45-55-103-85-87-105-57-47-77-124-118(70-38-32-26-20-14-8-2)126-79-49-59-107(137(126)99-135(105)124)89-91-109-61-51-81-128-120(72-40-34-28-22-16-10-4)130-83-53-63-111(141(130)101-139(109)128)93-95-113-65-43-67-115-97-116-68-44-66-114(144(116)132(143(113)115)74-42-36-30-24-18-12-6)96-94-112-64-54-84-131-121(73-41-35-29-23-17-11-5)129-82-52-62-110(140(129)102-142(112)131)92-90-108-60-50-80-127-119(71-39-33-27-21-15-9-3)125-78-48-58-106(136(125)100-138(108)127)88-86-104-56-46-76-123(117)134(104)98-133(103)122/h43-68,75-84,97-102H,7-42,69-74H2,1-6H3. The fourth-order valence-electron chi connectivity index (χ4n) is 23.8. The van der Waals surface area contributed by atoms with E-state index >= 15 is 0 Å². The van der Waals surface area contributed by atoms with E-state index in [2.05, 4.69) is 369 Å². The topological polar surface area (TPSA) is 0 Å². The second-order valence-electron chi connectivity index (χ2n) is 41.6. The molecule has 0 saturated carbocycles. The van der Waals surface area contributed by atoms with Crippen molar-refractivity contribution in [1.29, 1.82) is 0 Å². The minimum atomic E-state index is 0.927. The zero-order valence-electron chi connectivity index (χ0n) is 86.9. The lowest BCUT2D eigenvalue weighted by molar-refractivity contribution is 0.609. The minimum Gasteiger partial charge on any atom is -0.0654 e. The highest BCUT2D eigenvalue weighted by atomic mass is 14.2. The van der Waals surface area contributed by atoms with Crippen LogP contribution in [-0.2, 0) is 38.5 Å². The van der Waals surface area contributed by atoms with Crippen LogP contribution in [0.15, 0.2) is 255 Å². The van der Waals surface area contributed by atoms with E-state index in [1.54, 1.807) is 0 Å². The van der Waals surface area contributed by atoms with Crippen molar-refractivity contribution in [2.24, 2.45) is 0 Å². The van der Waals surface area contributed by atoms with E-state index in [9.17, 15) is 0 Å². The zero-order chi connectivity index (χ0) is 98.1. The normalized spacial score (nSPS) is 11.5. The van der Waals surface area contributed by atoms with Crippen molar-refractivity contribution in [1.82, 2.24) is 0 Å². The molecule has 19 aromatic carbocycles. The van der Waals surface area contributed by atoms with Crippen molar-refractivity contribution >= 4 is 194 Å². The molecule has 720 valence electrons. The molecule has 19 rings (SSSR count). The molecule has 0 heteroatoms. The van der Waals surface area contributed by atoms with Gasteiger partial charge >= 0.3 is 0 Å². The van der Waals surface area contributed by atoms with Crippen LogP contribution in [0.1, 0.15) is 306 Å². The molecule has 0 heterocycles. The molecule has 12 bridgehead atoms. The first-order valence-corrected chi connectivity index (χ1v) is 56.3. The summed E-state index contributed by atoms with van der Waals surface area (Å²) >= 11 is 0. The summed E-state index contributed by atoms with van der Waals surface area (Å²) in [7, 11) is 0. The van der Waals surface area contributed by atoms with Crippen LogP contribution < -0.4 is 0 Å². The van der Waals surface area contributed by atoms with Crippen molar-refractivity contribution < 1.29 is 0 Å². The molecule has 0 N–H and O–H groups in total. The lowest BCUT2D eigenvalue weighted by Crippen LogP contribution is -1.93. The number of hydrogen-bond acceptors (Lipinski definition) is 0. The van der Waals surface area contributed by atoms with Gasteiger partial charge < -0.3 is 0 Å². The summed E-state index contributed by atoms with van der Waals surface area (Å²) in [6, 6.07) is 145. The third kappa shape index (κ3) is 22.5. The van der Waals surface area contributed by atoms with E-state index in [1.165, 1.54) is 355 Å². The van der Waals surface area contributed by atoms with Crippen LogP contribution in [0.4, 0.5) is 0 Å². The Morgan fingerprint density at radius 2 is 0.264 bits per heavy atom. The third-order valence-corrected chi connectivity index (χ3v) is 31.5. The monoisotopic (exact) mass is 1870 g/mol. The van der Waals surface area contributed by atoms with Crippen LogP contribution in [0.25, 0.3) is 194 Å². The molecular formula is C144H144. The fraction of sp³-hybridized carbons (Fsp3) is 0.333. The first kappa shape index (κ1) is 99.2. The molecule has 0 radical (unpaired) electrons. The minimum absolute atomic E-state index is 0.927. The number of aryl methyl sites for hydroxylation is 6. The first-order valence-electron chi connectivity index (χ1n) is 56.3. The van der Waals surface area contributed by atoms with Gasteiger partial charge in [0.25, 0.3) is 0 Å². The van der Waals surface area contributed by atoms with Crippen molar-refractivity contribution in [2.75, 3.05) is 0 Å². The molecule has 0 aromatic heterocycles. The van der Waals surface area contributed by atoms with Crippen molar-refractivity contribution in [3.63, 3.8) is 0 Å². The van der Waals surface area contributed by atoms with E-state index < -0.39 is 0 Å². The van der Waals surface area contributed by atoms with Crippen LogP contribution >= 0.6 is 0 Å². The highest BCUT2D eigenvalue weighted by Crippen LogP contribution is 2.43. The Labute approximate surface area is 859 Å². The molecule has 19 aromatic rings. The number of benzene rings is 18. The first-order chi connectivity index (χ1) is 71.3. The third-order valence-electron chi connectivity index (χ3n) is 31.5. The second-order valence-corrected chi connectivity index (χ2v) is 41.6. The molecular weight excluding hydrogens is 1730 g/mol. The Kier molecular flexibility index (Phi) is 33.9. The maximum Gasteiger partial charge on any atom is 0.0330 e. The molecule has 0 nitrogen and oxygen atoms in total. The van der Waals surface area contributed by atoms with Gasteiger partial charge in [-0.25, -0.2) is 0 Å².